The number of aliphatic hydroxyl groups is 2. The Morgan fingerprint density at radius 3 is 1.29 bits per heavy atom. The van der Waals surface area contributed by atoms with Crippen LogP contribution in [-0.2, 0) is 12.8 Å². The largest absolute Gasteiger partial charge is 0.507 e. The quantitative estimate of drug-likeness (QED) is 0.401. The summed E-state index contributed by atoms with van der Waals surface area (Å²) in [4.78, 5) is 0. The van der Waals surface area contributed by atoms with Crippen LogP contribution in [0, 0.1) is 0 Å². The van der Waals surface area contributed by atoms with Gasteiger partial charge in [0.05, 0.1) is 0 Å². The number of hydrogen-bond donors (Lipinski definition) is 4. The van der Waals surface area contributed by atoms with E-state index in [0.717, 1.165) is 11.1 Å². The van der Waals surface area contributed by atoms with E-state index in [9.17, 15) is 20.4 Å². The molecule has 2 aromatic carbocycles. The molecule has 4 nitrogen and oxygen atoms in total. The molecule has 0 aliphatic heterocycles. The Labute approximate surface area is 173 Å². The molecule has 0 saturated carbocycles. The summed E-state index contributed by atoms with van der Waals surface area (Å²) in [5.74, 6) is -0.0487. The number of aliphatic hydroxyl groups excluding tert-OH is 2. The second-order valence-electron chi connectivity index (χ2n) is 5.04. The van der Waals surface area contributed by atoms with Crippen molar-refractivity contribution in [3.05, 3.63) is 41.2 Å². The number of benzene rings is 2. The van der Waals surface area contributed by atoms with Gasteiger partial charge in [0, 0.05) is 42.2 Å². The second kappa shape index (κ2) is 8.51. The van der Waals surface area contributed by atoms with Crippen molar-refractivity contribution in [2.45, 2.75) is 12.8 Å². The minimum atomic E-state index is -0.0509. The van der Waals surface area contributed by atoms with Crippen LogP contribution < -0.4 is 0 Å². The van der Waals surface area contributed by atoms with Crippen LogP contribution in [0.15, 0.2) is 30.0 Å². The van der Waals surface area contributed by atoms with Crippen LogP contribution in [-0.4, -0.2) is 33.6 Å². The summed E-state index contributed by atoms with van der Waals surface area (Å²) in [5, 5.41) is 39.4. The van der Waals surface area contributed by atoms with Crippen LogP contribution >= 0.6 is 63.7 Å². The third kappa shape index (κ3) is 3.83. The van der Waals surface area contributed by atoms with Crippen molar-refractivity contribution in [1.82, 2.24) is 0 Å². The molecule has 24 heavy (non-hydrogen) atoms. The summed E-state index contributed by atoms with van der Waals surface area (Å²) in [6, 6.07) is 3.06. The molecule has 2 aromatic rings. The lowest BCUT2D eigenvalue weighted by atomic mass is 9.97. The van der Waals surface area contributed by atoms with E-state index in [2.05, 4.69) is 63.7 Å². The molecule has 0 aliphatic rings. The van der Waals surface area contributed by atoms with Crippen LogP contribution in [0.2, 0.25) is 0 Å². The lowest BCUT2D eigenvalue weighted by molar-refractivity contribution is 0.298. The fourth-order valence-corrected chi connectivity index (χ4v) is 5.84. The van der Waals surface area contributed by atoms with Crippen molar-refractivity contribution in [3.63, 3.8) is 0 Å². The van der Waals surface area contributed by atoms with E-state index in [1.165, 1.54) is 12.1 Å². The Balaban J connectivity index is 2.82. The maximum atomic E-state index is 10.4. The topological polar surface area (TPSA) is 80.9 Å². The van der Waals surface area contributed by atoms with Gasteiger partial charge in [-0.05, 0) is 68.0 Å². The Hall–Kier alpha value is -0.120. The van der Waals surface area contributed by atoms with Gasteiger partial charge in [-0.3, -0.25) is 0 Å². The molecule has 0 spiro atoms. The van der Waals surface area contributed by atoms with E-state index < -0.39 is 0 Å². The van der Waals surface area contributed by atoms with E-state index in [-0.39, 0.29) is 24.7 Å². The molecule has 0 atom stereocenters. The van der Waals surface area contributed by atoms with Crippen molar-refractivity contribution in [2.75, 3.05) is 13.2 Å². The highest BCUT2D eigenvalue weighted by molar-refractivity contribution is 9.11. The normalized spacial score (nSPS) is 11.1. The van der Waals surface area contributed by atoms with Gasteiger partial charge in [-0.15, -0.1) is 0 Å². The predicted octanol–water partition coefficient (Wildman–Crippen LogP) is 4.88. The number of aromatic hydroxyl groups is 2. The lowest BCUT2D eigenvalue weighted by Gasteiger charge is -2.18. The molecule has 0 bridgehead atoms. The Morgan fingerprint density at radius 2 is 1.00 bits per heavy atom. The minimum Gasteiger partial charge on any atom is -0.507 e. The zero-order chi connectivity index (χ0) is 18.0. The molecule has 0 heterocycles. The summed E-state index contributed by atoms with van der Waals surface area (Å²) >= 11 is 13.7. The van der Waals surface area contributed by atoms with Crippen LogP contribution in [0.4, 0.5) is 0 Å². The summed E-state index contributed by atoms with van der Waals surface area (Å²) in [5.41, 5.74) is 2.39. The maximum Gasteiger partial charge on any atom is 0.125 e. The van der Waals surface area contributed by atoms with Gasteiger partial charge in [-0.1, -0.05) is 31.9 Å². The molecule has 8 heteroatoms. The standard InChI is InChI=1S/C16H14Br4O4/c17-9-5-11(23)13(15(19)7(9)1-3-21)14-12(24)6-10(18)8(2-4-22)16(14)20/h5-6,21-24H,1-4H2. The van der Waals surface area contributed by atoms with Crippen LogP contribution in [0.5, 0.6) is 11.5 Å². The van der Waals surface area contributed by atoms with E-state index in [4.69, 9.17) is 0 Å². The highest BCUT2D eigenvalue weighted by atomic mass is 79.9. The first-order valence-corrected chi connectivity index (χ1v) is 10.1. The number of phenolic OH excluding ortho intramolecular Hbond substituents is 2. The molecule has 0 amide bonds. The van der Waals surface area contributed by atoms with E-state index in [1.807, 2.05) is 0 Å². The highest BCUT2D eigenvalue weighted by Crippen LogP contribution is 2.50. The summed E-state index contributed by atoms with van der Waals surface area (Å²) in [6.07, 6.45) is 0.764. The summed E-state index contributed by atoms with van der Waals surface area (Å²) in [6.45, 7) is -0.102. The average Bonchev–Trinajstić information content (AvgIpc) is 2.50. The number of phenols is 2. The number of halogens is 4. The highest BCUT2D eigenvalue weighted by Gasteiger charge is 2.23. The smallest absolute Gasteiger partial charge is 0.125 e. The van der Waals surface area contributed by atoms with Crippen LogP contribution in [0.3, 0.4) is 0 Å². The van der Waals surface area contributed by atoms with Gasteiger partial charge in [0.25, 0.3) is 0 Å². The molecule has 0 radical (unpaired) electrons. The first-order chi connectivity index (χ1) is 11.3. The van der Waals surface area contributed by atoms with Crippen molar-refractivity contribution < 1.29 is 20.4 Å². The molecule has 0 unspecified atom stereocenters. The SMILES string of the molecule is OCCc1c(Br)cc(O)c(-c2c(O)cc(Br)c(CCO)c2Br)c1Br. The fraction of sp³-hybridized carbons (Fsp3) is 0.250. The maximum absolute atomic E-state index is 10.4. The first kappa shape index (κ1) is 20.2. The third-order valence-corrected chi connectivity index (χ3v) is 6.72. The second-order valence-corrected chi connectivity index (χ2v) is 8.33. The number of hydrogen-bond acceptors (Lipinski definition) is 4. The summed E-state index contributed by atoms with van der Waals surface area (Å²) < 4.78 is 2.48. The molecule has 0 fully saturated rings. The molecular formula is C16H14Br4O4. The Bertz CT molecular complexity index is 712. The summed E-state index contributed by atoms with van der Waals surface area (Å²) in [7, 11) is 0. The predicted molar refractivity (Wildman–Crippen MR) is 108 cm³/mol. The van der Waals surface area contributed by atoms with Crippen molar-refractivity contribution in [3.8, 4) is 22.6 Å². The fourth-order valence-electron chi connectivity index (χ4n) is 2.45. The molecule has 0 aromatic heterocycles. The lowest BCUT2D eigenvalue weighted by Crippen LogP contribution is -1.99. The van der Waals surface area contributed by atoms with Gasteiger partial charge in [0.15, 0.2) is 0 Å². The van der Waals surface area contributed by atoms with E-state index in [1.54, 1.807) is 0 Å². The van der Waals surface area contributed by atoms with Gasteiger partial charge in [0.1, 0.15) is 11.5 Å². The number of rotatable bonds is 5. The molecule has 0 saturated heterocycles. The molecule has 0 aliphatic carbocycles. The molecule has 2 rings (SSSR count). The van der Waals surface area contributed by atoms with Gasteiger partial charge in [-0.25, -0.2) is 0 Å². The third-order valence-electron chi connectivity index (χ3n) is 3.56. The van der Waals surface area contributed by atoms with Crippen molar-refractivity contribution >= 4 is 63.7 Å². The van der Waals surface area contributed by atoms with Crippen LogP contribution in [0.1, 0.15) is 11.1 Å². The minimum absolute atomic E-state index is 0.0243. The van der Waals surface area contributed by atoms with Gasteiger partial charge < -0.3 is 20.4 Å². The average molecular weight is 590 g/mol. The van der Waals surface area contributed by atoms with E-state index >= 15 is 0 Å². The van der Waals surface area contributed by atoms with Gasteiger partial charge in [0.2, 0.25) is 0 Å². The van der Waals surface area contributed by atoms with Gasteiger partial charge in [-0.2, -0.15) is 0 Å². The molecule has 4 N–H and O–H groups in total. The monoisotopic (exact) mass is 586 g/mol. The van der Waals surface area contributed by atoms with Crippen LogP contribution in [0.25, 0.3) is 11.1 Å². The van der Waals surface area contributed by atoms with Crippen molar-refractivity contribution in [2.24, 2.45) is 0 Å². The zero-order valence-electron chi connectivity index (χ0n) is 12.3. The Morgan fingerprint density at radius 1 is 0.667 bits per heavy atom. The first-order valence-electron chi connectivity index (χ1n) is 6.95. The van der Waals surface area contributed by atoms with E-state index in [0.29, 0.717) is 41.9 Å². The molecular weight excluding hydrogens is 576 g/mol. The molecule has 130 valence electrons. The van der Waals surface area contributed by atoms with Crippen molar-refractivity contribution in [1.29, 1.82) is 0 Å². The Kier molecular flexibility index (Phi) is 7.16. The van der Waals surface area contributed by atoms with Gasteiger partial charge >= 0.3 is 0 Å². The zero-order valence-corrected chi connectivity index (χ0v) is 18.6.